The molecule has 2 aliphatic rings. The average molecular weight is 647 g/mol. The third kappa shape index (κ3) is 5.78. The summed E-state index contributed by atoms with van der Waals surface area (Å²) < 4.78 is 8.72. The van der Waals surface area contributed by atoms with E-state index in [2.05, 4.69) is 71.3 Å². The molecule has 0 amide bonds. The van der Waals surface area contributed by atoms with E-state index < -0.39 is 0 Å². The van der Waals surface area contributed by atoms with Gasteiger partial charge in [0, 0.05) is 16.1 Å². The van der Waals surface area contributed by atoms with Gasteiger partial charge in [0.1, 0.15) is 5.75 Å². The molecule has 200 valence electrons. The molecule has 0 spiro atoms. The predicted octanol–water partition coefficient (Wildman–Crippen LogP) is 2.57. The number of aromatic nitrogens is 1. The van der Waals surface area contributed by atoms with Crippen molar-refractivity contribution in [3.8, 4) is 11.4 Å². The molecule has 3 aromatic carbocycles. The van der Waals surface area contributed by atoms with Crippen LogP contribution in [0.2, 0.25) is 0 Å². The Kier molecular flexibility index (Phi) is 11.4. The minimum atomic E-state index is -0.301. The van der Waals surface area contributed by atoms with Crippen molar-refractivity contribution in [2.24, 2.45) is 0 Å². The molecule has 2 fully saturated rings. The molecule has 0 saturated heterocycles. The number of hydrogen-bond donors (Lipinski definition) is 0. The molecule has 4 aromatic rings. The molecule has 6 heteroatoms. The van der Waals surface area contributed by atoms with E-state index in [0.717, 1.165) is 17.1 Å². The van der Waals surface area contributed by atoms with Crippen molar-refractivity contribution in [2.45, 2.75) is 75.5 Å². The number of fused-ring (bicyclic) bond motifs is 3. The van der Waals surface area contributed by atoms with Gasteiger partial charge in [-0.2, -0.15) is 0 Å². The first-order valence-electron chi connectivity index (χ1n) is 13.3. The second-order valence-electron chi connectivity index (χ2n) is 10.2. The Labute approximate surface area is 249 Å². The SMILES string of the molecule is COc1cccc(-n2c3ccccc3c3ccccc32)c1P(C1CCCCC1)C1CCCCC1.[Cl-].[Cl-].[Pd+2]. The van der Waals surface area contributed by atoms with Crippen molar-refractivity contribution >= 4 is 35.0 Å². The molecule has 0 N–H and O–H groups in total. The molecule has 2 saturated carbocycles. The van der Waals surface area contributed by atoms with Crippen molar-refractivity contribution in [1.29, 1.82) is 0 Å². The summed E-state index contributed by atoms with van der Waals surface area (Å²) in [5.74, 6) is 1.11. The first-order chi connectivity index (χ1) is 16.9. The fourth-order valence-corrected chi connectivity index (χ4v) is 10.7. The molecule has 2 nitrogen and oxygen atoms in total. The number of halogens is 2. The zero-order valence-electron chi connectivity index (χ0n) is 21.5. The van der Waals surface area contributed by atoms with Crippen LogP contribution in [0.5, 0.6) is 5.75 Å². The van der Waals surface area contributed by atoms with Crippen LogP contribution in [0, 0.1) is 0 Å². The normalized spacial score (nSPS) is 16.7. The summed E-state index contributed by atoms with van der Waals surface area (Å²) >= 11 is 0. The maximum Gasteiger partial charge on any atom is 2.00 e. The number of benzene rings is 3. The Morgan fingerprint density at radius 2 is 1.14 bits per heavy atom. The van der Waals surface area contributed by atoms with Gasteiger partial charge >= 0.3 is 20.4 Å². The minimum absolute atomic E-state index is 0. The summed E-state index contributed by atoms with van der Waals surface area (Å²) in [4.78, 5) is 0. The van der Waals surface area contributed by atoms with Gasteiger partial charge in [-0.05, 0) is 61.3 Å². The maximum absolute atomic E-state index is 6.17. The van der Waals surface area contributed by atoms with E-state index >= 15 is 0 Å². The van der Waals surface area contributed by atoms with Gasteiger partial charge < -0.3 is 34.1 Å². The van der Waals surface area contributed by atoms with Gasteiger partial charge in [-0.25, -0.2) is 0 Å². The van der Waals surface area contributed by atoms with E-state index in [1.807, 2.05) is 7.11 Å². The van der Waals surface area contributed by atoms with Crippen molar-refractivity contribution in [3.05, 3.63) is 66.7 Å². The minimum Gasteiger partial charge on any atom is -1.00 e. The topological polar surface area (TPSA) is 14.2 Å². The molecular weight excluding hydrogens is 611 g/mol. The number of ether oxygens (including phenoxy) is 1. The Balaban J connectivity index is 0.00000127. The van der Waals surface area contributed by atoms with Crippen LogP contribution in [0.25, 0.3) is 27.5 Å². The van der Waals surface area contributed by atoms with Gasteiger partial charge in [0.25, 0.3) is 0 Å². The van der Waals surface area contributed by atoms with Gasteiger partial charge in [-0.3, -0.25) is 0 Å². The van der Waals surface area contributed by atoms with Gasteiger partial charge in [0.2, 0.25) is 0 Å². The number of hydrogen-bond acceptors (Lipinski definition) is 1. The van der Waals surface area contributed by atoms with Crippen LogP contribution < -0.4 is 34.9 Å². The third-order valence-corrected chi connectivity index (χ3v) is 11.8. The van der Waals surface area contributed by atoms with Crippen LogP contribution in [0.3, 0.4) is 0 Å². The van der Waals surface area contributed by atoms with Crippen molar-refractivity contribution in [3.63, 3.8) is 0 Å². The molecule has 1 aromatic heterocycles. The maximum atomic E-state index is 6.17. The fourth-order valence-electron chi connectivity index (χ4n) is 6.68. The molecule has 0 unspecified atom stereocenters. The molecule has 0 radical (unpaired) electrons. The molecule has 0 bridgehead atoms. The fraction of sp³-hybridized carbons (Fsp3) is 0.419. The zero-order chi connectivity index (χ0) is 22.9. The van der Waals surface area contributed by atoms with Crippen LogP contribution >= 0.6 is 7.92 Å². The Morgan fingerprint density at radius 1 is 0.649 bits per heavy atom. The summed E-state index contributed by atoms with van der Waals surface area (Å²) in [7, 11) is 1.58. The summed E-state index contributed by atoms with van der Waals surface area (Å²) in [6, 6.07) is 24.7. The first kappa shape index (κ1) is 30.5. The standard InChI is InChI=1S/C31H36NOP.2ClH.Pd/c1-33-30-22-12-21-29(32-27-19-10-8-17-25(27)26-18-9-11-20-28(26)32)31(30)34(23-13-4-2-5-14-23)24-15-6-3-7-16-24;;;/h8-12,17-24H,2-7,13-16H2,1H3;2*1H;/q;;;+2/p-2. The first-order valence-corrected chi connectivity index (χ1v) is 14.8. The van der Waals surface area contributed by atoms with E-state index in [0.29, 0.717) is 0 Å². The van der Waals surface area contributed by atoms with Crippen molar-refractivity contribution in [1.82, 2.24) is 4.57 Å². The molecule has 0 atom stereocenters. The molecule has 0 aliphatic heterocycles. The Morgan fingerprint density at radius 3 is 1.62 bits per heavy atom. The predicted molar refractivity (Wildman–Crippen MR) is 148 cm³/mol. The molecule has 1 heterocycles. The summed E-state index contributed by atoms with van der Waals surface area (Å²) in [6.07, 6.45) is 14.0. The number of nitrogens with zero attached hydrogens (tertiary/aromatic N) is 1. The van der Waals surface area contributed by atoms with Gasteiger partial charge in [0.15, 0.2) is 0 Å². The molecule has 6 rings (SSSR count). The average Bonchev–Trinajstić information content (AvgIpc) is 3.25. The van der Waals surface area contributed by atoms with E-state index in [1.54, 1.807) is 0 Å². The third-order valence-electron chi connectivity index (χ3n) is 8.21. The van der Waals surface area contributed by atoms with Gasteiger partial charge in [-0.1, -0.05) is 88.9 Å². The van der Waals surface area contributed by atoms with Gasteiger partial charge in [-0.15, -0.1) is 0 Å². The Bertz CT molecular complexity index is 1230. The molecule has 37 heavy (non-hydrogen) atoms. The second-order valence-corrected chi connectivity index (χ2v) is 12.9. The quantitative estimate of drug-likeness (QED) is 0.240. The van der Waals surface area contributed by atoms with Crippen LogP contribution in [0.4, 0.5) is 0 Å². The number of rotatable bonds is 5. The Hall–Kier alpha value is -1.07. The van der Waals surface area contributed by atoms with Crippen LogP contribution in [0.1, 0.15) is 64.2 Å². The smallest absolute Gasteiger partial charge is 1.00 e. The monoisotopic (exact) mass is 645 g/mol. The largest absolute Gasteiger partial charge is 2.00 e. The van der Waals surface area contributed by atoms with Crippen molar-refractivity contribution in [2.75, 3.05) is 7.11 Å². The molecular formula is C31H36Cl2NOPPd. The zero-order valence-corrected chi connectivity index (χ0v) is 25.4. The summed E-state index contributed by atoms with van der Waals surface area (Å²) in [5, 5.41) is 4.21. The van der Waals surface area contributed by atoms with Gasteiger partial charge in [0.05, 0.1) is 23.8 Å². The van der Waals surface area contributed by atoms with Crippen molar-refractivity contribution < 1.29 is 50.0 Å². The van der Waals surface area contributed by atoms with E-state index in [9.17, 15) is 0 Å². The molecule has 2 aliphatic carbocycles. The van der Waals surface area contributed by atoms with Crippen LogP contribution in [0.15, 0.2) is 66.7 Å². The second kappa shape index (κ2) is 13.8. The van der Waals surface area contributed by atoms with Crippen LogP contribution in [-0.2, 0) is 20.4 Å². The number of para-hydroxylation sites is 2. The van der Waals surface area contributed by atoms with Crippen LogP contribution in [-0.4, -0.2) is 23.0 Å². The van der Waals surface area contributed by atoms with E-state index in [-0.39, 0.29) is 53.2 Å². The van der Waals surface area contributed by atoms with E-state index in [1.165, 1.54) is 97.0 Å². The summed E-state index contributed by atoms with van der Waals surface area (Å²) in [6.45, 7) is 0. The number of methoxy groups -OCH3 is 1. The van der Waals surface area contributed by atoms with E-state index in [4.69, 9.17) is 4.74 Å². The summed E-state index contributed by atoms with van der Waals surface area (Å²) in [5.41, 5.74) is 5.63.